The van der Waals surface area contributed by atoms with Crippen molar-refractivity contribution in [3.05, 3.63) is 48.3 Å². The Kier molecular flexibility index (Phi) is 5.14. The van der Waals surface area contributed by atoms with Crippen LogP contribution in [0.25, 0.3) is 11.1 Å². The second kappa shape index (κ2) is 7.39. The molecular formula is C18H16FN3O5S. The number of hydrogen-bond donors (Lipinski definition) is 3. The summed E-state index contributed by atoms with van der Waals surface area (Å²) < 4.78 is 38.4. The Labute approximate surface area is 160 Å². The van der Waals surface area contributed by atoms with Gasteiger partial charge in [0, 0.05) is 18.2 Å². The number of carboxylic acid groups (broad SMARTS) is 1. The Bertz CT molecular complexity index is 1100. The lowest BCUT2D eigenvalue weighted by molar-refractivity contribution is -0.129. The molecule has 2 aromatic rings. The molecule has 28 heavy (non-hydrogen) atoms. The van der Waals surface area contributed by atoms with Crippen molar-refractivity contribution >= 4 is 33.1 Å². The lowest BCUT2D eigenvalue weighted by Gasteiger charge is -2.13. The Morgan fingerprint density at radius 3 is 2.57 bits per heavy atom. The number of sulfone groups is 1. The quantitative estimate of drug-likeness (QED) is 0.695. The molecule has 0 bridgehead atoms. The average Bonchev–Trinajstić information content (AvgIpc) is 3.13. The molecule has 2 aromatic carbocycles. The van der Waals surface area contributed by atoms with Crippen LogP contribution in [0.3, 0.4) is 0 Å². The van der Waals surface area contributed by atoms with Crippen molar-refractivity contribution < 1.29 is 27.5 Å². The number of hydrogen-bond acceptors (Lipinski definition) is 6. The molecule has 10 heteroatoms. The summed E-state index contributed by atoms with van der Waals surface area (Å²) in [6.45, 7) is 0. The number of nitrogens with one attached hydrogen (secondary N) is 2. The van der Waals surface area contributed by atoms with Gasteiger partial charge in [0.05, 0.1) is 10.6 Å². The minimum absolute atomic E-state index is 0.0692. The van der Waals surface area contributed by atoms with Crippen LogP contribution in [0.5, 0.6) is 0 Å². The molecule has 0 saturated heterocycles. The molecule has 0 radical (unpaired) electrons. The summed E-state index contributed by atoms with van der Waals surface area (Å²) in [5, 5.41) is 14.8. The van der Waals surface area contributed by atoms with Gasteiger partial charge >= 0.3 is 5.97 Å². The minimum Gasteiger partial charge on any atom is -0.477 e. The van der Waals surface area contributed by atoms with E-state index >= 15 is 0 Å². The molecule has 3 N–H and O–H groups in total. The summed E-state index contributed by atoms with van der Waals surface area (Å²) in [6, 6.07) is 9.23. The number of amides is 1. The number of halogens is 1. The maximum absolute atomic E-state index is 14.5. The second-order valence-corrected chi connectivity index (χ2v) is 8.19. The molecule has 0 spiro atoms. The first-order valence-electron chi connectivity index (χ1n) is 8.12. The standard InChI is InChI=1S/C18H16FN3O5S/c1-28(26,27)16-5-3-2-4-11(16)10-6-7-13(12(19)8-10)20-17(23)14-9-15(18(24)25)22-21-14/h2-8,14,21H,9H2,1H3,(H,20,23)(H,24,25). The number of rotatable bonds is 5. The van der Waals surface area contributed by atoms with Crippen molar-refractivity contribution in [3.63, 3.8) is 0 Å². The van der Waals surface area contributed by atoms with E-state index in [0.29, 0.717) is 11.1 Å². The predicted octanol–water partition coefficient (Wildman–Crippen LogP) is 1.64. The number of hydrazone groups is 1. The van der Waals surface area contributed by atoms with E-state index in [0.717, 1.165) is 12.3 Å². The van der Waals surface area contributed by atoms with Crippen molar-refractivity contribution in [1.29, 1.82) is 0 Å². The van der Waals surface area contributed by atoms with Gasteiger partial charge in [-0.3, -0.25) is 10.2 Å². The fourth-order valence-corrected chi connectivity index (χ4v) is 3.67. The highest BCUT2D eigenvalue weighted by Gasteiger charge is 2.29. The van der Waals surface area contributed by atoms with Gasteiger partial charge in [0.2, 0.25) is 5.91 Å². The third-order valence-electron chi connectivity index (χ3n) is 4.14. The fourth-order valence-electron chi connectivity index (χ4n) is 2.76. The number of carbonyl (C=O) groups excluding carboxylic acids is 1. The zero-order chi connectivity index (χ0) is 20.5. The molecule has 146 valence electrons. The molecule has 1 aliphatic heterocycles. The molecule has 1 aliphatic rings. The van der Waals surface area contributed by atoms with Crippen LogP contribution < -0.4 is 10.7 Å². The first-order chi connectivity index (χ1) is 13.2. The molecule has 0 fully saturated rings. The van der Waals surface area contributed by atoms with E-state index in [-0.39, 0.29) is 22.7 Å². The molecule has 3 rings (SSSR count). The molecule has 1 atom stereocenters. The Balaban J connectivity index is 1.81. The SMILES string of the molecule is CS(=O)(=O)c1ccccc1-c1ccc(NC(=O)C2CC(C(=O)O)=NN2)c(F)c1. The average molecular weight is 405 g/mol. The smallest absolute Gasteiger partial charge is 0.352 e. The van der Waals surface area contributed by atoms with E-state index in [1.807, 2.05) is 0 Å². The van der Waals surface area contributed by atoms with Gasteiger partial charge in [-0.1, -0.05) is 24.3 Å². The summed E-state index contributed by atoms with van der Waals surface area (Å²) in [5.74, 6) is -2.63. The number of aliphatic carboxylic acids is 1. The van der Waals surface area contributed by atoms with E-state index in [1.165, 1.54) is 18.2 Å². The fraction of sp³-hybridized carbons (Fsp3) is 0.167. The molecular weight excluding hydrogens is 389 g/mol. The molecule has 0 aliphatic carbocycles. The topological polar surface area (TPSA) is 125 Å². The molecule has 0 aromatic heterocycles. The lowest BCUT2D eigenvalue weighted by atomic mass is 10.0. The summed E-state index contributed by atoms with van der Waals surface area (Å²) in [4.78, 5) is 23.1. The van der Waals surface area contributed by atoms with Crippen LogP contribution in [0.1, 0.15) is 6.42 Å². The van der Waals surface area contributed by atoms with E-state index in [9.17, 15) is 22.4 Å². The van der Waals surface area contributed by atoms with Gasteiger partial charge in [-0.15, -0.1) is 0 Å². The summed E-state index contributed by atoms with van der Waals surface area (Å²) in [6.07, 6.45) is 0.946. The van der Waals surface area contributed by atoms with E-state index in [2.05, 4.69) is 15.8 Å². The lowest BCUT2D eigenvalue weighted by Crippen LogP contribution is -2.35. The number of nitrogens with zero attached hydrogens (tertiary/aromatic N) is 1. The highest BCUT2D eigenvalue weighted by Crippen LogP contribution is 2.29. The largest absolute Gasteiger partial charge is 0.477 e. The van der Waals surface area contributed by atoms with E-state index in [4.69, 9.17) is 5.11 Å². The van der Waals surface area contributed by atoms with Crippen LogP contribution in [0.15, 0.2) is 52.5 Å². The molecule has 0 saturated carbocycles. The maximum atomic E-state index is 14.5. The molecule has 1 heterocycles. The first-order valence-corrected chi connectivity index (χ1v) is 10.0. The van der Waals surface area contributed by atoms with Crippen molar-refractivity contribution in [2.45, 2.75) is 17.4 Å². The molecule has 1 amide bonds. The minimum atomic E-state index is -3.51. The predicted molar refractivity (Wildman–Crippen MR) is 100 cm³/mol. The van der Waals surface area contributed by atoms with Gasteiger partial charge in [0.1, 0.15) is 17.6 Å². The number of anilines is 1. The zero-order valence-electron chi connectivity index (χ0n) is 14.6. The van der Waals surface area contributed by atoms with Crippen LogP contribution in [0, 0.1) is 5.82 Å². The second-order valence-electron chi connectivity index (χ2n) is 6.20. The Hall–Kier alpha value is -3.27. The van der Waals surface area contributed by atoms with Crippen LogP contribution in [-0.2, 0) is 19.4 Å². The van der Waals surface area contributed by atoms with Crippen LogP contribution in [0.4, 0.5) is 10.1 Å². The highest BCUT2D eigenvalue weighted by molar-refractivity contribution is 7.90. The molecule has 1 unspecified atom stereocenters. The van der Waals surface area contributed by atoms with Crippen molar-refractivity contribution in [1.82, 2.24) is 5.43 Å². The summed E-state index contributed by atoms with van der Waals surface area (Å²) in [5.41, 5.74) is 2.78. The van der Waals surface area contributed by atoms with E-state index in [1.54, 1.807) is 18.2 Å². The molecule has 8 nitrogen and oxygen atoms in total. The Morgan fingerprint density at radius 1 is 1.25 bits per heavy atom. The maximum Gasteiger partial charge on any atom is 0.352 e. The van der Waals surface area contributed by atoms with Gasteiger partial charge < -0.3 is 10.4 Å². The van der Waals surface area contributed by atoms with Gasteiger partial charge in [0.25, 0.3) is 0 Å². The van der Waals surface area contributed by atoms with E-state index < -0.39 is 33.6 Å². The zero-order valence-corrected chi connectivity index (χ0v) is 15.5. The van der Waals surface area contributed by atoms with Gasteiger partial charge in [-0.05, 0) is 23.8 Å². The normalized spacial score (nSPS) is 16.2. The first kappa shape index (κ1) is 19.5. The summed E-state index contributed by atoms with van der Waals surface area (Å²) >= 11 is 0. The van der Waals surface area contributed by atoms with Crippen molar-refractivity contribution in [2.24, 2.45) is 5.10 Å². The van der Waals surface area contributed by atoms with Crippen LogP contribution in [-0.4, -0.2) is 43.4 Å². The van der Waals surface area contributed by atoms with Crippen LogP contribution >= 0.6 is 0 Å². The van der Waals surface area contributed by atoms with Crippen molar-refractivity contribution in [3.8, 4) is 11.1 Å². The van der Waals surface area contributed by atoms with Gasteiger partial charge in [-0.25, -0.2) is 17.6 Å². The third kappa shape index (κ3) is 4.01. The number of carboxylic acids is 1. The Morgan fingerprint density at radius 2 is 1.96 bits per heavy atom. The number of carbonyl (C=O) groups is 2. The van der Waals surface area contributed by atoms with Gasteiger partial charge in [0.15, 0.2) is 9.84 Å². The van der Waals surface area contributed by atoms with Crippen LogP contribution in [0.2, 0.25) is 0 Å². The summed E-state index contributed by atoms with van der Waals surface area (Å²) in [7, 11) is -3.51. The number of benzene rings is 2. The monoisotopic (exact) mass is 405 g/mol. The highest BCUT2D eigenvalue weighted by atomic mass is 32.2. The van der Waals surface area contributed by atoms with Crippen molar-refractivity contribution in [2.75, 3.05) is 11.6 Å². The van der Waals surface area contributed by atoms with Gasteiger partial charge in [-0.2, -0.15) is 5.10 Å². The third-order valence-corrected chi connectivity index (χ3v) is 5.30.